The second kappa shape index (κ2) is 7.04. The lowest BCUT2D eigenvalue weighted by atomic mass is 10.2. The molecule has 0 saturated carbocycles. The second-order valence-corrected chi connectivity index (χ2v) is 5.95. The van der Waals surface area contributed by atoms with Gasteiger partial charge in [0, 0.05) is 5.69 Å². The van der Waals surface area contributed by atoms with Gasteiger partial charge in [-0.25, -0.2) is 4.79 Å². The van der Waals surface area contributed by atoms with Gasteiger partial charge in [0.05, 0.1) is 17.0 Å². The van der Waals surface area contributed by atoms with Crippen molar-refractivity contribution in [2.45, 2.75) is 13.8 Å². The van der Waals surface area contributed by atoms with Crippen molar-refractivity contribution < 1.29 is 14.3 Å². The first-order chi connectivity index (χ1) is 10.1. The first kappa shape index (κ1) is 15.3. The molecule has 0 unspecified atom stereocenters. The number of ether oxygens (including phenoxy) is 1. The van der Waals surface area contributed by atoms with Gasteiger partial charge in [0.1, 0.15) is 0 Å². The lowest BCUT2D eigenvalue weighted by Crippen LogP contribution is -2.12. The number of benzene rings is 1. The molecule has 2 aromatic rings. The standard InChI is InChI=1S/C16H17NO3S/c1-11(2)10-20-16(19)12-5-7-13(8-6-12)17-15(18)14-4-3-9-21-14/h3-9,11H,10H2,1-2H3,(H,17,18). The number of hydrogen-bond donors (Lipinski definition) is 1. The Morgan fingerprint density at radius 3 is 2.48 bits per heavy atom. The van der Waals surface area contributed by atoms with Gasteiger partial charge in [-0.2, -0.15) is 0 Å². The summed E-state index contributed by atoms with van der Waals surface area (Å²) < 4.78 is 5.14. The molecule has 110 valence electrons. The number of hydrogen-bond acceptors (Lipinski definition) is 4. The van der Waals surface area contributed by atoms with Gasteiger partial charge in [-0.15, -0.1) is 11.3 Å². The van der Waals surface area contributed by atoms with Crippen LogP contribution in [0.15, 0.2) is 41.8 Å². The third kappa shape index (κ3) is 4.43. The molecule has 0 saturated heterocycles. The van der Waals surface area contributed by atoms with Crippen LogP contribution in [0, 0.1) is 5.92 Å². The minimum absolute atomic E-state index is 0.153. The van der Waals surface area contributed by atoms with Crippen LogP contribution in [0.3, 0.4) is 0 Å². The molecular formula is C16H17NO3S. The van der Waals surface area contributed by atoms with E-state index >= 15 is 0 Å². The number of anilines is 1. The molecule has 4 nitrogen and oxygen atoms in total. The van der Waals surface area contributed by atoms with Gasteiger partial charge in [-0.1, -0.05) is 19.9 Å². The van der Waals surface area contributed by atoms with Crippen LogP contribution < -0.4 is 5.32 Å². The highest BCUT2D eigenvalue weighted by Gasteiger charge is 2.10. The molecule has 0 aliphatic carbocycles. The van der Waals surface area contributed by atoms with Gasteiger partial charge in [-0.3, -0.25) is 4.79 Å². The Hall–Kier alpha value is -2.14. The van der Waals surface area contributed by atoms with E-state index in [2.05, 4.69) is 5.32 Å². The molecule has 0 aliphatic rings. The van der Waals surface area contributed by atoms with E-state index in [1.807, 2.05) is 25.3 Å². The average molecular weight is 303 g/mol. The maximum atomic E-state index is 11.9. The van der Waals surface area contributed by atoms with E-state index in [9.17, 15) is 9.59 Å². The van der Waals surface area contributed by atoms with Gasteiger partial charge < -0.3 is 10.1 Å². The number of esters is 1. The molecule has 1 aromatic heterocycles. The van der Waals surface area contributed by atoms with E-state index < -0.39 is 0 Å². The fourth-order valence-corrected chi connectivity index (χ4v) is 2.23. The maximum absolute atomic E-state index is 11.9. The van der Waals surface area contributed by atoms with Crippen molar-refractivity contribution in [1.82, 2.24) is 0 Å². The Labute approximate surface area is 127 Å². The summed E-state index contributed by atoms with van der Waals surface area (Å²) in [4.78, 5) is 24.3. The summed E-state index contributed by atoms with van der Waals surface area (Å²) in [5.41, 5.74) is 1.12. The van der Waals surface area contributed by atoms with Crippen LogP contribution in [0.2, 0.25) is 0 Å². The lowest BCUT2D eigenvalue weighted by molar-refractivity contribution is 0.0459. The predicted molar refractivity (Wildman–Crippen MR) is 83.8 cm³/mol. The zero-order valence-electron chi connectivity index (χ0n) is 12.0. The molecule has 0 radical (unpaired) electrons. The molecule has 0 bridgehead atoms. The largest absolute Gasteiger partial charge is 0.462 e. The number of carbonyl (C=O) groups is 2. The van der Waals surface area contributed by atoms with Gasteiger partial charge >= 0.3 is 5.97 Å². The van der Waals surface area contributed by atoms with Gasteiger partial charge in [0.25, 0.3) is 5.91 Å². The molecule has 1 N–H and O–H groups in total. The topological polar surface area (TPSA) is 55.4 Å². The first-order valence-corrected chi connectivity index (χ1v) is 7.56. The smallest absolute Gasteiger partial charge is 0.338 e. The number of amides is 1. The summed E-state index contributed by atoms with van der Waals surface area (Å²) in [6.07, 6.45) is 0. The summed E-state index contributed by atoms with van der Waals surface area (Å²) >= 11 is 1.38. The minimum atomic E-state index is -0.347. The molecule has 0 fully saturated rings. The van der Waals surface area contributed by atoms with Crippen molar-refractivity contribution >= 4 is 28.9 Å². The highest BCUT2D eigenvalue weighted by atomic mass is 32.1. The van der Waals surface area contributed by atoms with Crippen molar-refractivity contribution in [3.63, 3.8) is 0 Å². The third-order valence-corrected chi connectivity index (χ3v) is 3.54. The van der Waals surface area contributed by atoms with E-state index in [-0.39, 0.29) is 11.9 Å². The Morgan fingerprint density at radius 1 is 1.19 bits per heavy atom. The molecule has 21 heavy (non-hydrogen) atoms. The van der Waals surface area contributed by atoms with Crippen LogP contribution in [0.1, 0.15) is 33.9 Å². The molecular weight excluding hydrogens is 286 g/mol. The highest BCUT2D eigenvalue weighted by Crippen LogP contribution is 2.15. The molecule has 1 aromatic carbocycles. The third-order valence-electron chi connectivity index (χ3n) is 2.67. The van der Waals surface area contributed by atoms with Crippen molar-refractivity contribution in [1.29, 1.82) is 0 Å². The van der Waals surface area contributed by atoms with Crippen LogP contribution in [-0.2, 0) is 4.74 Å². The Bertz CT molecular complexity index is 603. The summed E-state index contributed by atoms with van der Waals surface area (Å²) in [5, 5.41) is 4.63. The number of rotatable bonds is 5. The summed E-state index contributed by atoms with van der Waals surface area (Å²) in [6, 6.07) is 10.3. The predicted octanol–water partition coefficient (Wildman–Crippen LogP) is 3.81. The maximum Gasteiger partial charge on any atom is 0.338 e. The van der Waals surface area contributed by atoms with Crippen LogP contribution in [0.25, 0.3) is 0 Å². The molecule has 5 heteroatoms. The quantitative estimate of drug-likeness (QED) is 0.854. The van der Waals surface area contributed by atoms with Crippen LogP contribution in [-0.4, -0.2) is 18.5 Å². The molecule has 0 spiro atoms. The Morgan fingerprint density at radius 2 is 1.90 bits per heavy atom. The van der Waals surface area contributed by atoms with E-state index in [4.69, 9.17) is 4.74 Å². The zero-order chi connectivity index (χ0) is 15.2. The summed E-state index contributed by atoms with van der Waals surface area (Å²) in [5.74, 6) is -0.196. The molecule has 1 amide bonds. The Kier molecular flexibility index (Phi) is 5.11. The molecule has 0 aliphatic heterocycles. The van der Waals surface area contributed by atoms with Crippen LogP contribution in [0.4, 0.5) is 5.69 Å². The number of thiophene rings is 1. The summed E-state index contributed by atoms with van der Waals surface area (Å²) in [7, 11) is 0. The molecule has 0 atom stereocenters. The number of carbonyl (C=O) groups excluding carboxylic acids is 2. The van der Waals surface area contributed by atoms with E-state index in [0.29, 0.717) is 28.7 Å². The first-order valence-electron chi connectivity index (χ1n) is 6.68. The van der Waals surface area contributed by atoms with Crippen molar-refractivity contribution in [2.24, 2.45) is 5.92 Å². The van der Waals surface area contributed by atoms with Crippen LogP contribution in [0.5, 0.6) is 0 Å². The van der Waals surface area contributed by atoms with E-state index in [0.717, 1.165) is 0 Å². The van der Waals surface area contributed by atoms with Crippen LogP contribution >= 0.6 is 11.3 Å². The fourth-order valence-electron chi connectivity index (χ4n) is 1.62. The Balaban J connectivity index is 1.96. The SMILES string of the molecule is CC(C)COC(=O)c1ccc(NC(=O)c2cccs2)cc1. The van der Waals surface area contributed by atoms with Crippen molar-refractivity contribution in [3.05, 3.63) is 52.2 Å². The second-order valence-electron chi connectivity index (χ2n) is 5.00. The summed E-state index contributed by atoms with van der Waals surface area (Å²) in [6.45, 7) is 4.36. The number of nitrogens with one attached hydrogen (secondary N) is 1. The van der Waals surface area contributed by atoms with Crippen molar-refractivity contribution in [3.8, 4) is 0 Å². The van der Waals surface area contributed by atoms with E-state index in [1.54, 1.807) is 30.3 Å². The monoisotopic (exact) mass is 303 g/mol. The van der Waals surface area contributed by atoms with Gasteiger partial charge in [-0.05, 0) is 41.6 Å². The average Bonchev–Trinajstić information content (AvgIpc) is 3.00. The van der Waals surface area contributed by atoms with Gasteiger partial charge in [0.2, 0.25) is 0 Å². The van der Waals surface area contributed by atoms with E-state index in [1.165, 1.54) is 11.3 Å². The lowest BCUT2D eigenvalue weighted by Gasteiger charge is -2.08. The zero-order valence-corrected chi connectivity index (χ0v) is 12.8. The van der Waals surface area contributed by atoms with Crippen molar-refractivity contribution in [2.75, 3.05) is 11.9 Å². The van der Waals surface area contributed by atoms with Gasteiger partial charge in [0.15, 0.2) is 0 Å². The highest BCUT2D eigenvalue weighted by molar-refractivity contribution is 7.12. The normalized spacial score (nSPS) is 10.4. The molecule has 2 rings (SSSR count). The molecule has 1 heterocycles. The minimum Gasteiger partial charge on any atom is -0.462 e. The fraction of sp³-hybridized carbons (Fsp3) is 0.250.